The molecular formula is C26H35N3O7. The third kappa shape index (κ3) is 7.88. The van der Waals surface area contributed by atoms with Crippen molar-refractivity contribution in [2.45, 2.75) is 58.3 Å². The molecule has 2 aromatic carbocycles. The molecule has 2 atom stereocenters. The van der Waals surface area contributed by atoms with Gasteiger partial charge in [-0.15, -0.1) is 0 Å². The number of phenolic OH excluding ortho intramolecular Hbond substituents is 1. The zero-order chi connectivity index (χ0) is 27.0. The Morgan fingerprint density at radius 3 is 2.19 bits per heavy atom. The Hall–Kier alpha value is -3.79. The lowest BCUT2D eigenvalue weighted by atomic mass is 10.0. The normalized spacial score (nSPS) is 12.9. The maximum Gasteiger partial charge on any atom is 0.408 e. The number of hydrogen-bond donors (Lipinski definition) is 4. The van der Waals surface area contributed by atoms with E-state index >= 15 is 0 Å². The number of methoxy groups -OCH3 is 1. The van der Waals surface area contributed by atoms with E-state index in [1.165, 1.54) is 24.1 Å². The predicted octanol–water partition coefficient (Wildman–Crippen LogP) is 3.20. The van der Waals surface area contributed by atoms with E-state index < -0.39 is 48.2 Å². The first-order valence-electron chi connectivity index (χ1n) is 11.5. The van der Waals surface area contributed by atoms with E-state index in [0.717, 1.165) is 0 Å². The molecule has 0 aliphatic rings. The van der Waals surface area contributed by atoms with Crippen LogP contribution in [0.1, 0.15) is 46.2 Å². The molecule has 196 valence electrons. The number of carbonyl (C=O) groups is 3. The second-order valence-corrected chi connectivity index (χ2v) is 9.44. The Morgan fingerprint density at radius 1 is 1.06 bits per heavy atom. The molecule has 36 heavy (non-hydrogen) atoms. The minimum Gasteiger partial charge on any atom is -0.508 e. The molecule has 3 amide bonds. The van der Waals surface area contributed by atoms with Crippen molar-refractivity contribution in [3.05, 3.63) is 54.1 Å². The van der Waals surface area contributed by atoms with Crippen molar-refractivity contribution >= 4 is 23.6 Å². The van der Waals surface area contributed by atoms with E-state index in [9.17, 15) is 24.6 Å². The molecule has 0 fully saturated rings. The molecule has 4 N–H and O–H groups in total. The van der Waals surface area contributed by atoms with Crippen LogP contribution in [0.25, 0.3) is 0 Å². The number of hydrogen-bond acceptors (Lipinski definition) is 7. The molecule has 10 nitrogen and oxygen atoms in total. The smallest absolute Gasteiger partial charge is 0.408 e. The summed E-state index contributed by atoms with van der Waals surface area (Å²) in [6, 6.07) is 9.57. The fraction of sp³-hybridized carbons (Fsp3) is 0.423. The van der Waals surface area contributed by atoms with Crippen LogP contribution in [0.4, 0.5) is 10.5 Å². The van der Waals surface area contributed by atoms with E-state index in [4.69, 9.17) is 9.47 Å². The van der Waals surface area contributed by atoms with Crippen molar-refractivity contribution in [3.8, 4) is 11.5 Å². The molecule has 0 aliphatic heterocycles. The SMILES string of the molecule is COc1ccc(NC(=O)C(c2cccc(O)c2)N(C(=O)C(CO)NC(=O)OC(C)(C)C)C(C)C)cc1. The van der Waals surface area contributed by atoms with Gasteiger partial charge in [-0.1, -0.05) is 12.1 Å². The van der Waals surface area contributed by atoms with Crippen LogP contribution in [0.15, 0.2) is 48.5 Å². The molecular weight excluding hydrogens is 466 g/mol. The van der Waals surface area contributed by atoms with Gasteiger partial charge in [0, 0.05) is 11.7 Å². The number of benzene rings is 2. The van der Waals surface area contributed by atoms with Gasteiger partial charge in [0.1, 0.15) is 29.2 Å². The second-order valence-electron chi connectivity index (χ2n) is 9.44. The average Bonchev–Trinajstić information content (AvgIpc) is 2.79. The van der Waals surface area contributed by atoms with Gasteiger partial charge in [0.05, 0.1) is 13.7 Å². The monoisotopic (exact) mass is 501 g/mol. The van der Waals surface area contributed by atoms with Gasteiger partial charge in [-0.25, -0.2) is 4.79 Å². The van der Waals surface area contributed by atoms with E-state index in [1.807, 2.05) is 0 Å². The predicted molar refractivity (Wildman–Crippen MR) is 135 cm³/mol. The summed E-state index contributed by atoms with van der Waals surface area (Å²) >= 11 is 0. The van der Waals surface area contributed by atoms with E-state index in [-0.39, 0.29) is 5.75 Å². The fourth-order valence-corrected chi connectivity index (χ4v) is 3.51. The summed E-state index contributed by atoms with van der Waals surface area (Å²) in [7, 11) is 1.53. The number of aromatic hydroxyl groups is 1. The van der Waals surface area contributed by atoms with Crippen LogP contribution in [-0.2, 0) is 14.3 Å². The molecule has 0 saturated carbocycles. The number of aliphatic hydroxyl groups excluding tert-OH is 1. The number of ether oxygens (including phenoxy) is 2. The molecule has 2 rings (SSSR count). The number of rotatable bonds is 9. The highest BCUT2D eigenvalue weighted by Crippen LogP contribution is 2.29. The number of carbonyl (C=O) groups excluding carboxylic acids is 3. The average molecular weight is 502 g/mol. The topological polar surface area (TPSA) is 137 Å². The quantitative estimate of drug-likeness (QED) is 0.414. The van der Waals surface area contributed by atoms with Gasteiger partial charge in [0.15, 0.2) is 0 Å². The van der Waals surface area contributed by atoms with E-state index in [1.54, 1.807) is 71.0 Å². The van der Waals surface area contributed by atoms with Crippen LogP contribution in [-0.4, -0.2) is 64.4 Å². The number of phenols is 1. The molecule has 0 bridgehead atoms. The van der Waals surface area contributed by atoms with Gasteiger partial charge in [0.2, 0.25) is 5.91 Å². The second kappa shape index (κ2) is 12.3. The number of amides is 3. The molecule has 0 aliphatic carbocycles. The first kappa shape index (κ1) is 28.4. The highest BCUT2D eigenvalue weighted by molar-refractivity contribution is 5.99. The minimum atomic E-state index is -1.36. The van der Waals surface area contributed by atoms with Crippen molar-refractivity contribution in [1.82, 2.24) is 10.2 Å². The summed E-state index contributed by atoms with van der Waals surface area (Å²) in [6.45, 7) is 7.71. The van der Waals surface area contributed by atoms with Gasteiger partial charge in [0.25, 0.3) is 5.91 Å². The van der Waals surface area contributed by atoms with Crippen LogP contribution in [0.5, 0.6) is 11.5 Å². The fourth-order valence-electron chi connectivity index (χ4n) is 3.51. The van der Waals surface area contributed by atoms with Crippen molar-refractivity contribution in [1.29, 1.82) is 0 Å². The maximum absolute atomic E-state index is 13.6. The number of aliphatic hydroxyl groups is 1. The first-order valence-corrected chi connectivity index (χ1v) is 11.5. The summed E-state index contributed by atoms with van der Waals surface area (Å²) in [6.07, 6.45) is -0.879. The van der Waals surface area contributed by atoms with Crippen molar-refractivity contribution in [2.24, 2.45) is 0 Å². The third-order valence-electron chi connectivity index (χ3n) is 5.05. The summed E-state index contributed by atoms with van der Waals surface area (Å²) in [4.78, 5) is 40.7. The summed E-state index contributed by atoms with van der Waals surface area (Å²) in [5, 5.41) is 25.2. The third-order valence-corrected chi connectivity index (χ3v) is 5.05. The molecule has 0 aromatic heterocycles. The molecule has 2 aromatic rings. The Kier molecular flexibility index (Phi) is 9.68. The van der Waals surface area contributed by atoms with E-state index in [0.29, 0.717) is 17.0 Å². The molecule has 0 heterocycles. The van der Waals surface area contributed by atoms with Crippen LogP contribution >= 0.6 is 0 Å². The van der Waals surface area contributed by atoms with Gasteiger partial charge in [-0.2, -0.15) is 0 Å². The maximum atomic E-state index is 13.6. The van der Waals surface area contributed by atoms with Crippen molar-refractivity contribution in [2.75, 3.05) is 19.0 Å². The highest BCUT2D eigenvalue weighted by atomic mass is 16.6. The van der Waals surface area contributed by atoms with Crippen LogP contribution in [0.3, 0.4) is 0 Å². The molecule has 0 spiro atoms. The van der Waals surface area contributed by atoms with Gasteiger partial charge < -0.3 is 35.2 Å². The lowest BCUT2D eigenvalue weighted by Gasteiger charge is -2.36. The number of nitrogens with one attached hydrogen (secondary N) is 2. The summed E-state index contributed by atoms with van der Waals surface area (Å²) in [5.74, 6) is -0.731. The van der Waals surface area contributed by atoms with E-state index in [2.05, 4.69) is 10.6 Å². The van der Waals surface area contributed by atoms with Gasteiger partial charge >= 0.3 is 6.09 Å². The van der Waals surface area contributed by atoms with Crippen molar-refractivity contribution in [3.63, 3.8) is 0 Å². The zero-order valence-corrected chi connectivity index (χ0v) is 21.4. The Bertz CT molecular complexity index is 1050. The van der Waals surface area contributed by atoms with Crippen LogP contribution in [0.2, 0.25) is 0 Å². The summed E-state index contributed by atoms with van der Waals surface area (Å²) in [5.41, 5.74) is -0.00236. The molecule has 0 saturated heterocycles. The number of alkyl carbamates (subject to hydrolysis) is 1. The molecule has 0 radical (unpaired) electrons. The van der Waals surface area contributed by atoms with Crippen LogP contribution < -0.4 is 15.4 Å². The zero-order valence-electron chi connectivity index (χ0n) is 21.4. The number of nitrogens with zero attached hydrogens (tertiary/aromatic N) is 1. The Morgan fingerprint density at radius 2 is 1.69 bits per heavy atom. The van der Waals surface area contributed by atoms with Crippen molar-refractivity contribution < 1.29 is 34.1 Å². The lowest BCUT2D eigenvalue weighted by Crippen LogP contribution is -2.55. The Balaban J connectivity index is 2.44. The van der Waals surface area contributed by atoms with Gasteiger partial charge in [-0.05, 0) is 76.6 Å². The minimum absolute atomic E-state index is 0.0866. The summed E-state index contributed by atoms with van der Waals surface area (Å²) < 4.78 is 10.4. The standard InChI is InChI=1S/C26H35N3O7/c1-16(2)29(24(33)21(15-30)28-25(34)36-26(3,4)5)22(17-8-7-9-19(31)14-17)23(32)27-18-10-12-20(35-6)13-11-18/h7-14,16,21-22,30-31H,15H2,1-6H3,(H,27,32)(H,28,34). The van der Waals surface area contributed by atoms with Gasteiger partial charge in [-0.3, -0.25) is 9.59 Å². The Labute approximate surface area is 211 Å². The highest BCUT2D eigenvalue weighted by Gasteiger charge is 2.37. The first-order chi connectivity index (χ1) is 16.9. The largest absolute Gasteiger partial charge is 0.508 e. The molecule has 10 heteroatoms. The lowest BCUT2D eigenvalue weighted by molar-refractivity contribution is -0.143. The molecule has 2 unspecified atom stereocenters. The number of anilines is 1. The van der Waals surface area contributed by atoms with Crippen LogP contribution in [0, 0.1) is 0 Å².